The smallest absolute Gasteiger partial charge is 0.115 e. The maximum absolute atomic E-state index is 9.12. The highest BCUT2D eigenvalue weighted by Crippen LogP contribution is 2.11. The number of aromatic hydroxyl groups is 1. The zero-order valence-corrected chi connectivity index (χ0v) is 8.07. The van der Waals surface area contributed by atoms with Crippen molar-refractivity contribution in [2.75, 3.05) is 19.8 Å². The molecule has 0 aliphatic carbocycles. The number of hydrogen-bond donors (Lipinski definition) is 2. The van der Waals surface area contributed by atoms with Gasteiger partial charge in [-0.2, -0.15) is 0 Å². The Kier molecular flexibility index (Phi) is 3.01. The quantitative estimate of drug-likeness (QED) is 0.734. The van der Waals surface area contributed by atoms with Crippen molar-refractivity contribution in [1.82, 2.24) is 5.32 Å². The molecule has 0 saturated carbocycles. The van der Waals surface area contributed by atoms with E-state index < -0.39 is 0 Å². The molecule has 0 amide bonds. The number of phenols is 1. The Hall–Kier alpha value is -1.06. The summed E-state index contributed by atoms with van der Waals surface area (Å²) in [6.07, 6.45) is 0.959. The average Bonchev–Trinajstić information content (AvgIpc) is 2.23. The lowest BCUT2D eigenvalue weighted by molar-refractivity contribution is 0.0770. The second kappa shape index (κ2) is 4.44. The SMILES string of the molecule is Oc1ccc(C[C@H]2COCCN2)cc1. The molecule has 0 radical (unpaired) electrons. The summed E-state index contributed by atoms with van der Waals surface area (Å²) in [7, 11) is 0. The van der Waals surface area contributed by atoms with Gasteiger partial charge in [-0.25, -0.2) is 0 Å². The van der Waals surface area contributed by atoms with Gasteiger partial charge in [0.1, 0.15) is 5.75 Å². The zero-order chi connectivity index (χ0) is 9.80. The van der Waals surface area contributed by atoms with E-state index in [1.165, 1.54) is 5.56 Å². The normalized spacial score (nSPS) is 22.1. The lowest BCUT2D eigenvalue weighted by Gasteiger charge is -2.23. The van der Waals surface area contributed by atoms with Crippen LogP contribution < -0.4 is 5.32 Å². The van der Waals surface area contributed by atoms with Crippen LogP contribution in [-0.2, 0) is 11.2 Å². The van der Waals surface area contributed by atoms with Crippen molar-refractivity contribution >= 4 is 0 Å². The van der Waals surface area contributed by atoms with E-state index >= 15 is 0 Å². The minimum absolute atomic E-state index is 0.321. The van der Waals surface area contributed by atoms with Crippen LogP contribution in [0.5, 0.6) is 5.75 Å². The van der Waals surface area contributed by atoms with E-state index in [9.17, 15) is 0 Å². The zero-order valence-electron chi connectivity index (χ0n) is 8.07. The molecule has 1 heterocycles. The van der Waals surface area contributed by atoms with Gasteiger partial charge >= 0.3 is 0 Å². The van der Waals surface area contributed by atoms with E-state index in [4.69, 9.17) is 9.84 Å². The van der Waals surface area contributed by atoms with Gasteiger partial charge in [-0.15, -0.1) is 0 Å². The van der Waals surface area contributed by atoms with Crippen molar-refractivity contribution in [3.63, 3.8) is 0 Å². The summed E-state index contributed by atoms with van der Waals surface area (Å²) >= 11 is 0. The maximum atomic E-state index is 9.12. The lowest BCUT2D eigenvalue weighted by Crippen LogP contribution is -2.42. The maximum Gasteiger partial charge on any atom is 0.115 e. The molecule has 14 heavy (non-hydrogen) atoms. The van der Waals surface area contributed by atoms with E-state index in [0.29, 0.717) is 11.8 Å². The Morgan fingerprint density at radius 3 is 2.79 bits per heavy atom. The van der Waals surface area contributed by atoms with Gasteiger partial charge in [0, 0.05) is 12.6 Å². The van der Waals surface area contributed by atoms with Gasteiger partial charge < -0.3 is 15.2 Å². The highest BCUT2D eigenvalue weighted by atomic mass is 16.5. The van der Waals surface area contributed by atoms with Gasteiger partial charge in [0.2, 0.25) is 0 Å². The highest BCUT2D eigenvalue weighted by Gasteiger charge is 2.12. The Bertz CT molecular complexity index is 278. The number of ether oxygens (including phenoxy) is 1. The van der Waals surface area contributed by atoms with E-state index in [1.807, 2.05) is 12.1 Å². The predicted molar refractivity (Wildman–Crippen MR) is 54.4 cm³/mol. The Labute approximate surface area is 83.7 Å². The second-order valence-corrected chi connectivity index (χ2v) is 3.60. The first-order valence-electron chi connectivity index (χ1n) is 4.93. The van der Waals surface area contributed by atoms with Crippen LogP contribution in [0.2, 0.25) is 0 Å². The van der Waals surface area contributed by atoms with Gasteiger partial charge in [0.15, 0.2) is 0 Å². The van der Waals surface area contributed by atoms with Crippen molar-refractivity contribution in [2.45, 2.75) is 12.5 Å². The van der Waals surface area contributed by atoms with Crippen LogP contribution in [0.1, 0.15) is 5.56 Å². The molecule has 1 aromatic carbocycles. The van der Waals surface area contributed by atoms with Crippen LogP contribution in [0.25, 0.3) is 0 Å². The third kappa shape index (κ3) is 2.47. The van der Waals surface area contributed by atoms with Gasteiger partial charge in [-0.05, 0) is 24.1 Å². The standard InChI is InChI=1S/C11H15NO2/c13-11-3-1-9(2-4-11)7-10-8-14-6-5-12-10/h1-4,10,12-13H,5-8H2/t10-/m0/s1. The topological polar surface area (TPSA) is 41.5 Å². The van der Waals surface area contributed by atoms with Gasteiger partial charge in [0.25, 0.3) is 0 Å². The molecule has 1 atom stereocenters. The molecule has 0 bridgehead atoms. The monoisotopic (exact) mass is 193 g/mol. The number of hydrogen-bond acceptors (Lipinski definition) is 3. The largest absolute Gasteiger partial charge is 0.508 e. The molecule has 1 aliphatic rings. The first-order valence-corrected chi connectivity index (χ1v) is 4.93. The molecule has 3 heteroatoms. The van der Waals surface area contributed by atoms with Gasteiger partial charge in [-0.1, -0.05) is 12.1 Å². The number of benzene rings is 1. The van der Waals surface area contributed by atoms with E-state index in [2.05, 4.69) is 5.32 Å². The number of morpholine rings is 1. The summed E-state index contributed by atoms with van der Waals surface area (Å²) in [6, 6.07) is 7.75. The third-order valence-electron chi connectivity index (χ3n) is 2.42. The number of phenolic OH excluding ortho intramolecular Hbond substituents is 1. The Morgan fingerprint density at radius 1 is 1.36 bits per heavy atom. The summed E-state index contributed by atoms with van der Waals surface area (Å²) in [5.74, 6) is 0.321. The minimum Gasteiger partial charge on any atom is -0.508 e. The van der Waals surface area contributed by atoms with Crippen LogP contribution in [0.3, 0.4) is 0 Å². The fourth-order valence-electron chi connectivity index (χ4n) is 1.67. The third-order valence-corrected chi connectivity index (χ3v) is 2.42. The molecular formula is C11H15NO2. The molecule has 2 rings (SSSR count). The predicted octanol–water partition coefficient (Wildman–Crippen LogP) is 0.923. The van der Waals surface area contributed by atoms with Crippen LogP contribution in [0.15, 0.2) is 24.3 Å². The molecular weight excluding hydrogens is 178 g/mol. The van der Waals surface area contributed by atoms with Crippen molar-refractivity contribution in [2.24, 2.45) is 0 Å². The van der Waals surface area contributed by atoms with Crippen molar-refractivity contribution in [3.8, 4) is 5.75 Å². The highest BCUT2D eigenvalue weighted by molar-refractivity contribution is 5.26. The van der Waals surface area contributed by atoms with Crippen molar-refractivity contribution in [1.29, 1.82) is 0 Å². The molecule has 1 saturated heterocycles. The molecule has 2 N–H and O–H groups in total. The van der Waals surface area contributed by atoms with E-state index in [0.717, 1.165) is 26.2 Å². The summed E-state index contributed by atoms with van der Waals surface area (Å²) < 4.78 is 5.37. The minimum atomic E-state index is 0.321. The van der Waals surface area contributed by atoms with E-state index in [-0.39, 0.29) is 0 Å². The van der Waals surface area contributed by atoms with Crippen LogP contribution in [-0.4, -0.2) is 30.9 Å². The first kappa shape index (κ1) is 9.49. The first-order chi connectivity index (χ1) is 6.84. The molecule has 1 aromatic rings. The fraction of sp³-hybridized carbons (Fsp3) is 0.455. The molecule has 76 valence electrons. The molecule has 1 fully saturated rings. The number of nitrogens with one attached hydrogen (secondary N) is 1. The molecule has 0 unspecified atom stereocenters. The molecule has 3 nitrogen and oxygen atoms in total. The second-order valence-electron chi connectivity index (χ2n) is 3.60. The number of rotatable bonds is 2. The van der Waals surface area contributed by atoms with E-state index in [1.54, 1.807) is 12.1 Å². The molecule has 1 aliphatic heterocycles. The summed E-state index contributed by atoms with van der Waals surface area (Å²) in [4.78, 5) is 0. The van der Waals surface area contributed by atoms with Crippen LogP contribution >= 0.6 is 0 Å². The van der Waals surface area contributed by atoms with Crippen LogP contribution in [0.4, 0.5) is 0 Å². The summed E-state index contributed by atoms with van der Waals surface area (Å²) in [5, 5.41) is 12.5. The van der Waals surface area contributed by atoms with Crippen molar-refractivity contribution < 1.29 is 9.84 Å². The Morgan fingerprint density at radius 2 is 2.14 bits per heavy atom. The average molecular weight is 193 g/mol. The molecule has 0 spiro atoms. The van der Waals surface area contributed by atoms with Gasteiger partial charge in [0.05, 0.1) is 13.2 Å². The lowest BCUT2D eigenvalue weighted by atomic mass is 10.1. The fourth-order valence-corrected chi connectivity index (χ4v) is 1.67. The van der Waals surface area contributed by atoms with Crippen molar-refractivity contribution in [3.05, 3.63) is 29.8 Å². The van der Waals surface area contributed by atoms with Crippen LogP contribution in [0, 0.1) is 0 Å². The summed E-state index contributed by atoms with van der Waals surface area (Å²) in [5.41, 5.74) is 1.23. The Balaban J connectivity index is 1.92. The molecule has 0 aromatic heterocycles. The summed E-state index contributed by atoms with van der Waals surface area (Å²) in [6.45, 7) is 2.52. The van der Waals surface area contributed by atoms with Gasteiger partial charge in [-0.3, -0.25) is 0 Å².